The molecule has 106 valence electrons. The molecule has 0 aromatic carbocycles. The Kier molecular flexibility index (Phi) is 6.60. The highest BCUT2D eigenvalue weighted by Gasteiger charge is 2.29. The van der Waals surface area contributed by atoms with Crippen molar-refractivity contribution in [1.29, 1.82) is 0 Å². The quantitative estimate of drug-likeness (QED) is 0.713. The number of carbonyl (C=O) groups is 1. The fourth-order valence-corrected chi connectivity index (χ4v) is 2.09. The van der Waals surface area contributed by atoms with Crippen LogP contribution in [0.15, 0.2) is 0 Å². The molecular weight excluding hydrogens is 232 g/mol. The van der Waals surface area contributed by atoms with E-state index in [2.05, 4.69) is 4.90 Å². The minimum atomic E-state index is -0.863. The first-order valence-corrected chi connectivity index (χ1v) is 6.82. The van der Waals surface area contributed by atoms with Gasteiger partial charge in [-0.25, -0.2) is 0 Å². The zero-order valence-electron chi connectivity index (χ0n) is 11.6. The van der Waals surface area contributed by atoms with Gasteiger partial charge in [0.1, 0.15) is 5.54 Å². The predicted octanol–water partition coefficient (Wildman–Crippen LogP) is 0.769. The molecule has 0 radical (unpaired) electrons. The smallest absolute Gasteiger partial charge is 0.325 e. The van der Waals surface area contributed by atoms with Crippen molar-refractivity contribution in [2.45, 2.75) is 38.6 Å². The third kappa shape index (κ3) is 5.33. The number of rotatable bonds is 6. The second-order valence-corrected chi connectivity index (χ2v) is 5.05. The van der Waals surface area contributed by atoms with Crippen molar-refractivity contribution in [1.82, 2.24) is 4.90 Å². The average Bonchev–Trinajstić information content (AvgIpc) is 2.58. The van der Waals surface area contributed by atoms with Crippen LogP contribution in [0.3, 0.4) is 0 Å². The molecule has 0 spiro atoms. The van der Waals surface area contributed by atoms with E-state index in [0.717, 1.165) is 45.7 Å². The van der Waals surface area contributed by atoms with Crippen LogP contribution in [0, 0.1) is 0 Å². The van der Waals surface area contributed by atoms with Gasteiger partial charge in [-0.3, -0.25) is 4.79 Å². The van der Waals surface area contributed by atoms with Crippen molar-refractivity contribution in [2.24, 2.45) is 5.73 Å². The van der Waals surface area contributed by atoms with Gasteiger partial charge in [0, 0.05) is 19.7 Å². The van der Waals surface area contributed by atoms with Crippen LogP contribution in [-0.2, 0) is 14.3 Å². The van der Waals surface area contributed by atoms with Gasteiger partial charge >= 0.3 is 5.97 Å². The van der Waals surface area contributed by atoms with E-state index in [1.165, 1.54) is 0 Å². The largest absolute Gasteiger partial charge is 0.465 e. The van der Waals surface area contributed by atoms with Crippen molar-refractivity contribution in [3.63, 3.8) is 0 Å². The third-order valence-electron chi connectivity index (χ3n) is 3.23. The van der Waals surface area contributed by atoms with Crippen LogP contribution < -0.4 is 5.73 Å². The maximum atomic E-state index is 11.6. The molecule has 0 amide bonds. The average molecular weight is 258 g/mol. The topological polar surface area (TPSA) is 64.8 Å². The van der Waals surface area contributed by atoms with Crippen molar-refractivity contribution in [2.75, 3.05) is 39.5 Å². The van der Waals surface area contributed by atoms with Gasteiger partial charge in [0.05, 0.1) is 13.2 Å². The molecule has 1 rings (SSSR count). The molecule has 1 fully saturated rings. The third-order valence-corrected chi connectivity index (χ3v) is 3.23. The molecule has 1 unspecified atom stereocenters. The van der Waals surface area contributed by atoms with Crippen LogP contribution in [0.25, 0.3) is 0 Å². The summed E-state index contributed by atoms with van der Waals surface area (Å²) in [5.74, 6) is -0.302. The number of ether oxygens (including phenoxy) is 2. The molecule has 1 heterocycles. The Labute approximate surface area is 110 Å². The van der Waals surface area contributed by atoms with Crippen molar-refractivity contribution >= 4 is 5.97 Å². The van der Waals surface area contributed by atoms with E-state index in [4.69, 9.17) is 15.2 Å². The van der Waals surface area contributed by atoms with Gasteiger partial charge in [0.25, 0.3) is 0 Å². The SMILES string of the molecule is CCOC(=O)C(C)(N)CCCN1CCCOCC1. The molecule has 2 N–H and O–H groups in total. The first kappa shape index (κ1) is 15.4. The summed E-state index contributed by atoms with van der Waals surface area (Å²) >= 11 is 0. The molecule has 1 atom stereocenters. The molecule has 1 aliphatic rings. The van der Waals surface area contributed by atoms with Gasteiger partial charge in [-0.1, -0.05) is 0 Å². The second kappa shape index (κ2) is 7.71. The van der Waals surface area contributed by atoms with E-state index < -0.39 is 5.54 Å². The van der Waals surface area contributed by atoms with E-state index in [0.29, 0.717) is 13.0 Å². The van der Waals surface area contributed by atoms with Crippen molar-refractivity contribution < 1.29 is 14.3 Å². The van der Waals surface area contributed by atoms with Crippen molar-refractivity contribution in [3.8, 4) is 0 Å². The minimum absolute atomic E-state index is 0.302. The minimum Gasteiger partial charge on any atom is -0.465 e. The van der Waals surface area contributed by atoms with E-state index in [1.807, 2.05) is 0 Å². The molecule has 5 heteroatoms. The predicted molar refractivity (Wildman–Crippen MR) is 70.3 cm³/mol. The van der Waals surface area contributed by atoms with Crippen LogP contribution in [0.1, 0.15) is 33.1 Å². The van der Waals surface area contributed by atoms with E-state index in [-0.39, 0.29) is 5.97 Å². The summed E-state index contributed by atoms with van der Waals surface area (Å²) in [4.78, 5) is 14.0. The van der Waals surface area contributed by atoms with Crippen molar-refractivity contribution in [3.05, 3.63) is 0 Å². The number of nitrogens with two attached hydrogens (primary N) is 1. The summed E-state index contributed by atoms with van der Waals surface area (Å²) in [5, 5.41) is 0. The Morgan fingerprint density at radius 2 is 2.22 bits per heavy atom. The lowest BCUT2D eigenvalue weighted by Crippen LogP contribution is -2.46. The molecule has 0 aliphatic carbocycles. The number of esters is 1. The van der Waals surface area contributed by atoms with Crippen LogP contribution in [-0.4, -0.2) is 55.9 Å². The molecule has 1 saturated heterocycles. The van der Waals surface area contributed by atoms with Crippen LogP contribution in [0.2, 0.25) is 0 Å². The lowest BCUT2D eigenvalue weighted by molar-refractivity contribution is -0.149. The zero-order valence-corrected chi connectivity index (χ0v) is 11.6. The monoisotopic (exact) mass is 258 g/mol. The summed E-state index contributed by atoms with van der Waals surface area (Å²) in [7, 11) is 0. The maximum Gasteiger partial charge on any atom is 0.325 e. The van der Waals surface area contributed by atoms with Gasteiger partial charge in [-0.05, 0) is 39.7 Å². The highest BCUT2D eigenvalue weighted by Crippen LogP contribution is 2.12. The number of carbonyl (C=O) groups excluding carboxylic acids is 1. The van der Waals surface area contributed by atoms with E-state index in [9.17, 15) is 4.79 Å². The Morgan fingerprint density at radius 3 is 2.94 bits per heavy atom. The lowest BCUT2D eigenvalue weighted by Gasteiger charge is -2.24. The standard InChI is InChI=1S/C13H26N2O3/c1-3-18-12(16)13(2,14)6-4-7-15-8-5-10-17-11-9-15/h3-11,14H2,1-2H3. The zero-order chi connectivity index (χ0) is 13.4. The summed E-state index contributed by atoms with van der Waals surface area (Å²) in [6, 6.07) is 0. The van der Waals surface area contributed by atoms with Gasteiger partial charge < -0.3 is 20.1 Å². The van der Waals surface area contributed by atoms with E-state index in [1.54, 1.807) is 13.8 Å². The van der Waals surface area contributed by atoms with Gasteiger partial charge in [-0.15, -0.1) is 0 Å². The van der Waals surface area contributed by atoms with E-state index >= 15 is 0 Å². The highest BCUT2D eigenvalue weighted by molar-refractivity contribution is 5.79. The van der Waals surface area contributed by atoms with Crippen LogP contribution in [0.5, 0.6) is 0 Å². The highest BCUT2D eigenvalue weighted by atomic mass is 16.5. The normalized spacial score (nSPS) is 21.1. The Hall–Kier alpha value is -0.650. The van der Waals surface area contributed by atoms with Gasteiger partial charge in [0.15, 0.2) is 0 Å². The summed E-state index contributed by atoms with van der Waals surface area (Å²) in [5.41, 5.74) is 5.11. The number of nitrogens with zero attached hydrogens (tertiary/aromatic N) is 1. The van der Waals surface area contributed by atoms with Crippen LogP contribution in [0.4, 0.5) is 0 Å². The summed E-state index contributed by atoms with van der Waals surface area (Å²) in [6.45, 7) is 8.60. The molecule has 18 heavy (non-hydrogen) atoms. The fourth-order valence-electron chi connectivity index (χ4n) is 2.09. The number of hydrogen-bond acceptors (Lipinski definition) is 5. The summed E-state index contributed by atoms with van der Waals surface area (Å²) < 4.78 is 10.4. The lowest BCUT2D eigenvalue weighted by atomic mass is 9.97. The molecule has 0 bridgehead atoms. The van der Waals surface area contributed by atoms with Crippen LogP contribution >= 0.6 is 0 Å². The first-order valence-electron chi connectivity index (χ1n) is 6.82. The van der Waals surface area contributed by atoms with Gasteiger partial charge in [-0.2, -0.15) is 0 Å². The Morgan fingerprint density at radius 1 is 1.44 bits per heavy atom. The fraction of sp³-hybridized carbons (Fsp3) is 0.923. The van der Waals surface area contributed by atoms with Gasteiger partial charge in [0.2, 0.25) is 0 Å². The first-order chi connectivity index (χ1) is 8.56. The second-order valence-electron chi connectivity index (χ2n) is 5.05. The maximum absolute atomic E-state index is 11.6. The molecule has 0 aromatic heterocycles. The summed E-state index contributed by atoms with van der Waals surface area (Å²) in [6.07, 6.45) is 2.65. The molecule has 1 aliphatic heterocycles. The Balaban J connectivity index is 2.24. The molecule has 0 saturated carbocycles. The Bertz CT molecular complexity index is 249. The molecular formula is C13H26N2O3. The molecule has 0 aromatic rings. The molecule has 5 nitrogen and oxygen atoms in total. The number of hydrogen-bond donors (Lipinski definition) is 1.